The zero-order chi connectivity index (χ0) is 24.4. The van der Waals surface area contributed by atoms with Gasteiger partial charge in [0.2, 0.25) is 0 Å². The van der Waals surface area contributed by atoms with Crippen molar-refractivity contribution in [2.45, 2.75) is 39.0 Å². The third kappa shape index (κ3) is 4.79. The molecule has 0 aliphatic carbocycles. The van der Waals surface area contributed by atoms with Gasteiger partial charge in [0.25, 0.3) is 5.91 Å². The fraction of sp³-hybridized carbons (Fsp3) is 0.320. The Balaban J connectivity index is 1.67. The molecule has 0 spiro atoms. The van der Waals surface area contributed by atoms with Crippen molar-refractivity contribution in [3.05, 3.63) is 77.3 Å². The van der Waals surface area contributed by atoms with Crippen LogP contribution in [-0.4, -0.2) is 56.5 Å². The Morgan fingerprint density at radius 2 is 2.00 bits per heavy atom. The second-order valence-electron chi connectivity index (χ2n) is 8.30. The molecule has 1 aliphatic heterocycles. The van der Waals surface area contributed by atoms with Gasteiger partial charge in [-0.25, -0.2) is 14.1 Å². The van der Waals surface area contributed by atoms with Gasteiger partial charge in [-0.1, -0.05) is 18.2 Å². The normalized spacial score (nSPS) is 19.1. The van der Waals surface area contributed by atoms with Crippen LogP contribution in [0.2, 0.25) is 0 Å². The molecule has 1 aromatic heterocycles. The first-order chi connectivity index (χ1) is 16.3. The molecule has 1 fully saturated rings. The van der Waals surface area contributed by atoms with Gasteiger partial charge in [0.05, 0.1) is 25.8 Å². The number of halogens is 1. The first-order valence-electron chi connectivity index (χ1n) is 11.0. The predicted molar refractivity (Wildman–Crippen MR) is 124 cm³/mol. The molecule has 34 heavy (non-hydrogen) atoms. The van der Waals surface area contributed by atoms with E-state index in [1.54, 1.807) is 61.1 Å². The summed E-state index contributed by atoms with van der Waals surface area (Å²) in [6, 6.07) is 10.6. The third-order valence-electron chi connectivity index (χ3n) is 5.61. The summed E-state index contributed by atoms with van der Waals surface area (Å²) in [5.74, 6) is 0.605. The number of nitrogens with zero attached hydrogens (tertiary/aromatic N) is 4. The quantitative estimate of drug-likeness (QED) is 0.560. The Hall–Kier alpha value is -3.72. The molecule has 9 heteroatoms. The number of aromatic nitrogens is 3. The molecule has 0 radical (unpaired) electrons. The van der Waals surface area contributed by atoms with Gasteiger partial charge in [0.15, 0.2) is 5.76 Å². The molecule has 2 aromatic carbocycles. The van der Waals surface area contributed by atoms with Crippen LogP contribution in [0.3, 0.4) is 0 Å². The van der Waals surface area contributed by atoms with E-state index in [2.05, 4.69) is 10.1 Å². The highest BCUT2D eigenvalue weighted by atomic mass is 19.1. The van der Waals surface area contributed by atoms with Gasteiger partial charge in [-0.3, -0.25) is 4.79 Å². The van der Waals surface area contributed by atoms with Crippen molar-refractivity contribution in [1.29, 1.82) is 0 Å². The van der Waals surface area contributed by atoms with Crippen molar-refractivity contribution in [3.63, 3.8) is 0 Å². The van der Waals surface area contributed by atoms with E-state index in [9.17, 15) is 14.3 Å². The van der Waals surface area contributed by atoms with Crippen molar-refractivity contribution in [2.24, 2.45) is 0 Å². The number of benzene rings is 2. The van der Waals surface area contributed by atoms with Crippen LogP contribution < -0.4 is 4.74 Å². The van der Waals surface area contributed by atoms with E-state index in [0.717, 1.165) is 0 Å². The average molecular weight is 467 g/mol. The Labute approximate surface area is 197 Å². The molecule has 2 heterocycles. The zero-order valence-corrected chi connectivity index (χ0v) is 19.5. The van der Waals surface area contributed by atoms with Crippen molar-refractivity contribution >= 4 is 12.0 Å². The molecule has 1 amide bonds. The molecule has 178 valence electrons. The minimum Gasteiger partial charge on any atom is -0.494 e. The maximum absolute atomic E-state index is 13.4. The molecule has 3 atom stereocenters. The number of amides is 1. The van der Waals surface area contributed by atoms with Crippen LogP contribution in [0.25, 0.3) is 11.8 Å². The summed E-state index contributed by atoms with van der Waals surface area (Å²) in [6.07, 6.45) is 2.08. The monoisotopic (exact) mass is 466 g/mol. The summed E-state index contributed by atoms with van der Waals surface area (Å²) in [7, 11) is 1.56. The van der Waals surface area contributed by atoms with Crippen LogP contribution in [0, 0.1) is 12.7 Å². The molecule has 0 bridgehead atoms. The molecule has 4 rings (SSSR count). The number of carbonyl (C=O) groups is 1. The number of aryl methyl sites for hydroxylation is 1. The minimum atomic E-state index is -0.869. The maximum atomic E-state index is 13.4. The van der Waals surface area contributed by atoms with Gasteiger partial charge in [0, 0.05) is 0 Å². The SMILES string of the molecule is COc1cc(C=C2O[C@@H](C)CN([C@H](c3ccc(F)cc3)[C@@H](C)O)C2=O)ccc1-n1cnc(C)n1. The first-order valence-corrected chi connectivity index (χ1v) is 11.0. The van der Waals surface area contributed by atoms with Crippen LogP contribution >= 0.6 is 0 Å². The summed E-state index contributed by atoms with van der Waals surface area (Å²) in [6.45, 7) is 5.55. The average Bonchev–Trinajstić information content (AvgIpc) is 3.24. The van der Waals surface area contributed by atoms with E-state index >= 15 is 0 Å². The van der Waals surface area contributed by atoms with Crippen LogP contribution in [-0.2, 0) is 9.53 Å². The largest absolute Gasteiger partial charge is 0.494 e. The number of methoxy groups -OCH3 is 1. The van der Waals surface area contributed by atoms with E-state index < -0.39 is 12.1 Å². The lowest BCUT2D eigenvalue weighted by Gasteiger charge is -2.39. The zero-order valence-electron chi connectivity index (χ0n) is 19.5. The standard InChI is InChI=1S/C25H27FN4O4/c1-15-13-29(24(16(2)31)19-6-8-20(26)9-7-19)25(32)23(34-15)12-18-5-10-21(22(11-18)33-4)30-14-27-17(3)28-30/h5-12,14-16,24,31H,13H2,1-4H3/t15-,16+,24-/m0/s1. The van der Waals surface area contributed by atoms with Crippen LogP contribution in [0.1, 0.15) is 36.8 Å². The first kappa shape index (κ1) is 23.4. The van der Waals surface area contributed by atoms with E-state index in [0.29, 0.717) is 28.4 Å². The van der Waals surface area contributed by atoms with Gasteiger partial charge >= 0.3 is 0 Å². The highest BCUT2D eigenvalue weighted by Crippen LogP contribution is 2.32. The number of hydrogen-bond donors (Lipinski definition) is 1. The van der Waals surface area contributed by atoms with Crippen molar-refractivity contribution in [1.82, 2.24) is 19.7 Å². The number of morpholine rings is 1. The number of aliphatic hydroxyl groups is 1. The molecule has 0 saturated carbocycles. The van der Waals surface area contributed by atoms with E-state index in [-0.39, 0.29) is 30.1 Å². The Bertz CT molecular complexity index is 1210. The van der Waals surface area contributed by atoms with Crippen molar-refractivity contribution < 1.29 is 23.8 Å². The lowest BCUT2D eigenvalue weighted by atomic mass is 9.98. The third-order valence-corrected chi connectivity index (χ3v) is 5.61. The lowest BCUT2D eigenvalue weighted by molar-refractivity contribution is -0.145. The molecule has 8 nitrogen and oxygen atoms in total. The van der Waals surface area contributed by atoms with Gasteiger partial charge < -0.3 is 19.5 Å². The number of aliphatic hydroxyl groups excluding tert-OH is 1. The number of hydrogen-bond acceptors (Lipinski definition) is 6. The lowest BCUT2D eigenvalue weighted by Crippen LogP contribution is -2.48. The van der Waals surface area contributed by atoms with E-state index in [1.807, 2.05) is 19.1 Å². The molecule has 1 aliphatic rings. The van der Waals surface area contributed by atoms with Crippen molar-refractivity contribution in [3.8, 4) is 11.4 Å². The summed E-state index contributed by atoms with van der Waals surface area (Å²) < 4.78 is 26.5. The Kier molecular flexibility index (Phi) is 6.65. The van der Waals surface area contributed by atoms with Crippen LogP contribution in [0.5, 0.6) is 5.75 Å². The summed E-state index contributed by atoms with van der Waals surface area (Å²) in [4.78, 5) is 19.1. The van der Waals surface area contributed by atoms with Crippen LogP contribution in [0.4, 0.5) is 4.39 Å². The Morgan fingerprint density at radius 1 is 1.26 bits per heavy atom. The smallest absolute Gasteiger partial charge is 0.289 e. The summed E-state index contributed by atoms with van der Waals surface area (Å²) in [5.41, 5.74) is 2.05. The Morgan fingerprint density at radius 3 is 2.62 bits per heavy atom. The van der Waals surface area contributed by atoms with Gasteiger partial charge in [-0.05, 0) is 62.2 Å². The molecular formula is C25H27FN4O4. The maximum Gasteiger partial charge on any atom is 0.289 e. The minimum absolute atomic E-state index is 0.151. The number of ether oxygens (including phenoxy) is 2. The van der Waals surface area contributed by atoms with E-state index in [4.69, 9.17) is 9.47 Å². The van der Waals surface area contributed by atoms with Gasteiger partial charge in [-0.15, -0.1) is 0 Å². The molecule has 1 saturated heterocycles. The molecule has 3 aromatic rings. The summed E-state index contributed by atoms with van der Waals surface area (Å²) in [5, 5.41) is 14.8. The summed E-state index contributed by atoms with van der Waals surface area (Å²) >= 11 is 0. The highest BCUT2D eigenvalue weighted by Gasteiger charge is 2.37. The highest BCUT2D eigenvalue weighted by molar-refractivity contribution is 5.97. The van der Waals surface area contributed by atoms with Crippen LogP contribution in [0.15, 0.2) is 54.6 Å². The fourth-order valence-corrected chi connectivity index (χ4v) is 4.11. The topological polar surface area (TPSA) is 89.7 Å². The van der Waals surface area contributed by atoms with Gasteiger partial charge in [0.1, 0.15) is 35.5 Å². The van der Waals surface area contributed by atoms with E-state index in [1.165, 1.54) is 12.1 Å². The molecular weight excluding hydrogens is 439 g/mol. The fourth-order valence-electron chi connectivity index (χ4n) is 4.11. The second kappa shape index (κ2) is 9.64. The number of rotatable bonds is 6. The predicted octanol–water partition coefficient (Wildman–Crippen LogP) is 3.43. The second-order valence-corrected chi connectivity index (χ2v) is 8.30. The number of carbonyl (C=O) groups excluding carboxylic acids is 1. The van der Waals surface area contributed by atoms with Gasteiger partial charge in [-0.2, -0.15) is 5.10 Å². The molecule has 0 unspecified atom stereocenters. The molecule has 1 N–H and O–H groups in total. The van der Waals surface area contributed by atoms with Crippen molar-refractivity contribution in [2.75, 3.05) is 13.7 Å².